The van der Waals surface area contributed by atoms with Crippen LogP contribution >= 0.6 is 22.6 Å². The van der Waals surface area contributed by atoms with E-state index in [9.17, 15) is 4.79 Å². The van der Waals surface area contributed by atoms with Crippen molar-refractivity contribution >= 4 is 39.5 Å². The largest absolute Gasteiger partial charge is 0.345 e. The Labute approximate surface area is 135 Å². The lowest BCUT2D eigenvalue weighted by Crippen LogP contribution is -2.21. The van der Waals surface area contributed by atoms with Crippen LogP contribution in [-0.4, -0.2) is 40.1 Å². The average molecular weight is 392 g/mol. The second kappa shape index (κ2) is 5.44. The Hall–Kier alpha value is -1.96. The van der Waals surface area contributed by atoms with Crippen molar-refractivity contribution < 1.29 is 4.79 Å². The highest BCUT2D eigenvalue weighted by Gasteiger charge is 2.10. The molecule has 1 amide bonds. The van der Waals surface area contributed by atoms with Crippen molar-refractivity contribution in [3.05, 3.63) is 45.8 Å². The molecule has 0 saturated carbocycles. The number of hydrogen-bond acceptors (Lipinski definition) is 3. The van der Waals surface area contributed by atoms with Gasteiger partial charge in [-0.2, -0.15) is 5.10 Å². The fourth-order valence-electron chi connectivity index (χ4n) is 2.12. The summed E-state index contributed by atoms with van der Waals surface area (Å²) in [5.74, 6) is -0.0104. The quantitative estimate of drug-likeness (QED) is 0.683. The number of H-pyrrole nitrogens is 1. The summed E-state index contributed by atoms with van der Waals surface area (Å²) >= 11 is 2.17. The maximum Gasteiger partial charge on any atom is 0.253 e. The zero-order valence-electron chi connectivity index (χ0n) is 11.6. The van der Waals surface area contributed by atoms with Gasteiger partial charge in [-0.3, -0.25) is 9.89 Å². The zero-order chi connectivity index (χ0) is 15.0. The first-order chi connectivity index (χ1) is 10.1. The third-order valence-corrected chi connectivity index (χ3v) is 4.04. The molecule has 5 nitrogen and oxygen atoms in total. The van der Waals surface area contributed by atoms with E-state index in [4.69, 9.17) is 0 Å². The summed E-state index contributed by atoms with van der Waals surface area (Å²) in [4.78, 5) is 18.0. The topological polar surface area (TPSA) is 61.9 Å². The predicted molar refractivity (Wildman–Crippen MR) is 90.1 cm³/mol. The van der Waals surface area contributed by atoms with Gasteiger partial charge in [0.25, 0.3) is 5.91 Å². The van der Waals surface area contributed by atoms with Crippen LogP contribution in [0, 0.1) is 3.70 Å². The number of nitrogens with one attached hydrogen (secondary N) is 1. The number of halogens is 1. The fraction of sp³-hybridized carbons (Fsp3) is 0.133. The number of fused-ring (bicyclic) bond motifs is 1. The van der Waals surface area contributed by atoms with Crippen LogP contribution in [0.1, 0.15) is 10.4 Å². The Morgan fingerprint density at radius 2 is 2.05 bits per heavy atom. The van der Waals surface area contributed by atoms with Crippen LogP contribution in [0.3, 0.4) is 0 Å². The molecule has 0 bridgehead atoms. The third kappa shape index (κ3) is 2.63. The second-order valence-corrected chi connectivity index (χ2v) is 5.94. The summed E-state index contributed by atoms with van der Waals surface area (Å²) in [5, 5.41) is 8.00. The zero-order valence-corrected chi connectivity index (χ0v) is 13.7. The van der Waals surface area contributed by atoms with E-state index in [2.05, 4.69) is 37.8 Å². The van der Waals surface area contributed by atoms with Crippen molar-refractivity contribution in [3.63, 3.8) is 0 Å². The molecule has 0 aliphatic rings. The molecule has 2 heterocycles. The van der Waals surface area contributed by atoms with E-state index in [1.54, 1.807) is 25.2 Å². The maximum atomic E-state index is 12.0. The van der Waals surface area contributed by atoms with Crippen LogP contribution in [0.5, 0.6) is 0 Å². The lowest BCUT2D eigenvalue weighted by Gasteiger charge is -2.11. The molecule has 0 aliphatic heterocycles. The van der Waals surface area contributed by atoms with Gasteiger partial charge in [-0.15, -0.1) is 0 Å². The summed E-state index contributed by atoms with van der Waals surface area (Å²) in [6.07, 6.45) is 1.79. The molecule has 1 aromatic carbocycles. The Bertz CT molecular complexity index is 825. The summed E-state index contributed by atoms with van der Waals surface area (Å²) in [7, 11) is 3.49. The highest BCUT2D eigenvalue weighted by Crippen LogP contribution is 2.25. The van der Waals surface area contributed by atoms with E-state index in [0.29, 0.717) is 5.56 Å². The van der Waals surface area contributed by atoms with Crippen LogP contribution in [-0.2, 0) is 0 Å². The number of carbonyl (C=O) groups is 1. The van der Waals surface area contributed by atoms with Crippen molar-refractivity contribution in [2.75, 3.05) is 14.1 Å². The summed E-state index contributed by atoms with van der Waals surface area (Å²) in [5.41, 5.74) is 3.37. The Balaban J connectivity index is 2.08. The Kier molecular flexibility index (Phi) is 3.62. The SMILES string of the molecule is CN(C)C(=O)c1cccc(-c2cnc3[nH]nc(I)c3c2)c1. The Morgan fingerprint density at radius 1 is 1.24 bits per heavy atom. The number of rotatable bonds is 2. The minimum Gasteiger partial charge on any atom is -0.345 e. The number of hydrogen-bond donors (Lipinski definition) is 1. The molecule has 106 valence electrons. The van der Waals surface area contributed by atoms with Gasteiger partial charge in [0.1, 0.15) is 3.70 Å². The normalized spacial score (nSPS) is 10.8. The minimum atomic E-state index is -0.0104. The van der Waals surface area contributed by atoms with Gasteiger partial charge in [-0.25, -0.2) is 4.98 Å². The van der Waals surface area contributed by atoms with Gasteiger partial charge in [0.2, 0.25) is 0 Å². The molecular formula is C15H13IN4O. The van der Waals surface area contributed by atoms with Crippen molar-refractivity contribution in [1.29, 1.82) is 0 Å². The van der Waals surface area contributed by atoms with Gasteiger partial charge in [-0.1, -0.05) is 12.1 Å². The monoisotopic (exact) mass is 392 g/mol. The molecule has 0 atom stereocenters. The molecule has 0 fully saturated rings. The van der Waals surface area contributed by atoms with Gasteiger partial charge < -0.3 is 4.90 Å². The third-order valence-electron chi connectivity index (χ3n) is 3.22. The van der Waals surface area contributed by atoms with Crippen molar-refractivity contribution in [1.82, 2.24) is 20.1 Å². The first-order valence-corrected chi connectivity index (χ1v) is 7.46. The number of aromatic nitrogens is 3. The first kappa shape index (κ1) is 14.0. The van der Waals surface area contributed by atoms with Crippen LogP contribution < -0.4 is 0 Å². The predicted octanol–water partition coefficient (Wildman–Crippen LogP) is 2.93. The molecule has 21 heavy (non-hydrogen) atoms. The van der Waals surface area contributed by atoms with E-state index in [-0.39, 0.29) is 5.91 Å². The number of aromatic amines is 1. The Morgan fingerprint density at radius 3 is 2.81 bits per heavy atom. The van der Waals surface area contributed by atoms with Gasteiger partial charge in [0.05, 0.1) is 5.39 Å². The number of amides is 1. The molecule has 0 spiro atoms. The van der Waals surface area contributed by atoms with E-state index in [1.807, 2.05) is 30.3 Å². The molecule has 0 aliphatic carbocycles. The van der Waals surface area contributed by atoms with E-state index >= 15 is 0 Å². The van der Waals surface area contributed by atoms with E-state index in [1.165, 1.54) is 0 Å². The first-order valence-electron chi connectivity index (χ1n) is 6.38. The molecular weight excluding hydrogens is 379 g/mol. The lowest BCUT2D eigenvalue weighted by molar-refractivity contribution is 0.0827. The second-order valence-electron chi connectivity index (χ2n) is 4.91. The molecule has 0 radical (unpaired) electrons. The van der Waals surface area contributed by atoms with Gasteiger partial charge in [0.15, 0.2) is 5.65 Å². The minimum absolute atomic E-state index is 0.0104. The highest BCUT2D eigenvalue weighted by atomic mass is 127. The van der Waals surface area contributed by atoms with Crippen LogP contribution in [0.4, 0.5) is 0 Å². The summed E-state index contributed by atoms with van der Waals surface area (Å²) in [6.45, 7) is 0. The average Bonchev–Trinajstić information content (AvgIpc) is 2.87. The summed E-state index contributed by atoms with van der Waals surface area (Å²) in [6, 6.07) is 9.60. The smallest absolute Gasteiger partial charge is 0.253 e. The molecule has 3 aromatic rings. The van der Waals surface area contributed by atoms with Crippen LogP contribution in [0.2, 0.25) is 0 Å². The van der Waals surface area contributed by atoms with Crippen LogP contribution in [0.15, 0.2) is 36.5 Å². The molecule has 0 unspecified atom stereocenters. The number of pyridine rings is 1. The van der Waals surface area contributed by atoms with E-state index in [0.717, 1.165) is 25.9 Å². The molecule has 6 heteroatoms. The van der Waals surface area contributed by atoms with Gasteiger partial charge in [0, 0.05) is 31.4 Å². The number of carbonyl (C=O) groups excluding carboxylic acids is 1. The standard InChI is InChI=1S/C15H13IN4O/c1-20(2)15(21)10-5-3-4-9(6-10)11-7-12-13(16)18-19-14(12)17-8-11/h3-8H,1-2H3,(H,17,18,19). The van der Waals surface area contributed by atoms with Gasteiger partial charge >= 0.3 is 0 Å². The molecule has 2 aromatic heterocycles. The lowest BCUT2D eigenvalue weighted by atomic mass is 10.0. The van der Waals surface area contributed by atoms with Crippen molar-refractivity contribution in [2.24, 2.45) is 0 Å². The molecule has 0 saturated heterocycles. The van der Waals surface area contributed by atoms with Crippen LogP contribution in [0.25, 0.3) is 22.2 Å². The highest BCUT2D eigenvalue weighted by molar-refractivity contribution is 14.1. The fourth-order valence-corrected chi connectivity index (χ4v) is 2.65. The van der Waals surface area contributed by atoms with E-state index < -0.39 is 0 Å². The number of benzene rings is 1. The maximum absolute atomic E-state index is 12.0. The van der Waals surface area contributed by atoms with Gasteiger partial charge in [-0.05, 0) is 46.4 Å². The number of nitrogens with zero attached hydrogens (tertiary/aromatic N) is 3. The summed E-state index contributed by atoms with van der Waals surface area (Å²) < 4.78 is 0.887. The molecule has 3 rings (SSSR count). The molecule has 1 N–H and O–H groups in total. The van der Waals surface area contributed by atoms with Crippen molar-refractivity contribution in [3.8, 4) is 11.1 Å². The van der Waals surface area contributed by atoms with Crippen molar-refractivity contribution in [2.45, 2.75) is 0 Å².